The van der Waals surface area contributed by atoms with Crippen molar-refractivity contribution < 1.29 is 0 Å². The fourth-order valence-electron chi connectivity index (χ4n) is 11.9. The number of hydrogen-bond acceptors (Lipinski definition) is 0. The summed E-state index contributed by atoms with van der Waals surface area (Å²) in [6, 6.07) is 104. The first-order valence-corrected chi connectivity index (χ1v) is 24.2. The molecule has 13 rings (SSSR count). The second kappa shape index (κ2) is 16.9. The Morgan fingerprint density at radius 3 is 0.942 bits per heavy atom. The summed E-state index contributed by atoms with van der Waals surface area (Å²) in [5.41, 5.74) is 25.1. The van der Waals surface area contributed by atoms with Gasteiger partial charge in [-0.25, -0.2) is 0 Å². The van der Waals surface area contributed by atoms with E-state index >= 15 is 0 Å². The lowest BCUT2D eigenvalue weighted by molar-refractivity contribution is 0.745. The molecule has 0 heteroatoms. The average Bonchev–Trinajstić information content (AvgIpc) is 3.95. The van der Waals surface area contributed by atoms with Gasteiger partial charge in [0.05, 0.1) is 5.41 Å². The molecule has 0 nitrogen and oxygen atoms in total. The van der Waals surface area contributed by atoms with Gasteiger partial charge in [0.1, 0.15) is 0 Å². The van der Waals surface area contributed by atoms with Gasteiger partial charge in [-0.3, -0.25) is 0 Å². The van der Waals surface area contributed by atoms with Crippen LogP contribution in [0.5, 0.6) is 0 Å². The molecule has 0 aromatic heterocycles. The van der Waals surface area contributed by atoms with E-state index in [0.29, 0.717) is 0 Å². The van der Waals surface area contributed by atoms with Gasteiger partial charge in [0, 0.05) is 11.8 Å². The van der Waals surface area contributed by atoms with Crippen LogP contribution in [-0.2, 0) is 5.41 Å². The van der Waals surface area contributed by atoms with E-state index < -0.39 is 5.41 Å². The lowest BCUT2D eigenvalue weighted by atomic mass is 9.65. The van der Waals surface area contributed by atoms with E-state index in [9.17, 15) is 0 Å². The number of fused-ring (bicyclic) bond motifs is 6. The number of hydrogen-bond donors (Lipinski definition) is 0. The van der Waals surface area contributed by atoms with Gasteiger partial charge in [-0.2, -0.15) is 0 Å². The molecular weight excluding hydrogens is 829 g/mol. The van der Waals surface area contributed by atoms with Gasteiger partial charge in [0.2, 0.25) is 0 Å². The number of benzene rings is 11. The Kier molecular flexibility index (Phi) is 9.98. The van der Waals surface area contributed by atoms with Gasteiger partial charge < -0.3 is 0 Å². The summed E-state index contributed by atoms with van der Waals surface area (Å²) in [4.78, 5) is 0. The first-order valence-electron chi connectivity index (χ1n) is 24.2. The minimum Gasteiger partial charge on any atom is -0.0622 e. The zero-order valence-corrected chi connectivity index (χ0v) is 38.2. The molecule has 2 aliphatic carbocycles. The van der Waals surface area contributed by atoms with Crippen LogP contribution >= 0.6 is 0 Å². The maximum atomic E-state index is 2.53. The van der Waals surface area contributed by atoms with E-state index in [-0.39, 0.29) is 11.8 Å². The van der Waals surface area contributed by atoms with E-state index in [1.54, 1.807) is 0 Å². The van der Waals surface area contributed by atoms with Crippen molar-refractivity contribution in [2.24, 2.45) is 0 Å². The predicted molar refractivity (Wildman–Crippen MR) is 287 cm³/mol. The van der Waals surface area contributed by atoms with Crippen LogP contribution in [0.25, 0.3) is 55.6 Å². The molecule has 0 spiro atoms. The van der Waals surface area contributed by atoms with Crippen molar-refractivity contribution in [1.82, 2.24) is 0 Å². The van der Waals surface area contributed by atoms with E-state index in [4.69, 9.17) is 0 Å². The first kappa shape index (κ1) is 40.7. The second-order valence-electron chi connectivity index (χ2n) is 18.7. The minimum atomic E-state index is -0.527. The van der Waals surface area contributed by atoms with Gasteiger partial charge in [0.15, 0.2) is 0 Å². The maximum Gasteiger partial charge on any atom is 0.0701 e. The molecular formula is C69H48. The largest absolute Gasteiger partial charge is 0.0701 e. The highest BCUT2D eigenvalue weighted by molar-refractivity contribution is 5.87. The molecule has 0 saturated heterocycles. The third kappa shape index (κ3) is 6.83. The zero-order chi connectivity index (χ0) is 45.7. The molecule has 324 valence electrons. The molecule has 11 aromatic carbocycles. The molecule has 11 aromatic rings. The fraction of sp³-hybridized carbons (Fsp3) is 0.0435. The zero-order valence-electron chi connectivity index (χ0n) is 38.2. The van der Waals surface area contributed by atoms with Crippen molar-refractivity contribution in [2.45, 2.75) is 17.3 Å². The van der Waals surface area contributed by atoms with Crippen LogP contribution in [0.1, 0.15) is 67.5 Å². The van der Waals surface area contributed by atoms with Crippen LogP contribution in [0.2, 0.25) is 0 Å². The van der Waals surface area contributed by atoms with Crippen molar-refractivity contribution in [3.8, 4) is 55.6 Å². The van der Waals surface area contributed by atoms with Crippen LogP contribution in [0.15, 0.2) is 279 Å². The molecule has 0 saturated carbocycles. The summed E-state index contributed by atoms with van der Waals surface area (Å²) < 4.78 is 0. The Morgan fingerprint density at radius 1 is 0.203 bits per heavy atom. The summed E-state index contributed by atoms with van der Waals surface area (Å²) in [6.45, 7) is 0. The van der Waals surface area contributed by atoms with Crippen LogP contribution in [0.3, 0.4) is 0 Å². The Morgan fingerprint density at radius 2 is 0.522 bits per heavy atom. The van der Waals surface area contributed by atoms with Crippen LogP contribution < -0.4 is 0 Å². The van der Waals surface area contributed by atoms with E-state index in [2.05, 4.69) is 279 Å². The monoisotopic (exact) mass is 876 g/mol. The number of rotatable bonds is 9. The highest BCUT2D eigenvalue weighted by atomic mass is 14.4. The van der Waals surface area contributed by atoms with Gasteiger partial charge >= 0.3 is 0 Å². The maximum absolute atomic E-state index is 2.53. The summed E-state index contributed by atoms with van der Waals surface area (Å²) in [7, 11) is 0. The van der Waals surface area contributed by atoms with Crippen molar-refractivity contribution in [3.05, 3.63) is 335 Å². The molecule has 2 aliphatic rings. The van der Waals surface area contributed by atoms with Crippen molar-refractivity contribution in [1.29, 1.82) is 0 Å². The minimum absolute atomic E-state index is 0.0671. The highest BCUT2D eigenvalue weighted by Gasteiger charge is 2.39. The summed E-state index contributed by atoms with van der Waals surface area (Å²) >= 11 is 0. The lowest BCUT2D eigenvalue weighted by Crippen LogP contribution is -2.30. The van der Waals surface area contributed by atoms with Crippen molar-refractivity contribution >= 4 is 0 Å². The Hall–Kier alpha value is -8.58. The SMILES string of the molecule is c1ccc(-c2ccc3c(c2)-c2ccccc2C3c2cc(-c3ccc(C(c4ccccc4)(c4ccccc4)c4ccccc4)cc3)cc(C3c4ccccc4-c4cc(-c5ccccc5)ccc43)c2)cc1. The molecule has 2 unspecified atom stereocenters. The van der Waals surface area contributed by atoms with E-state index in [1.165, 1.54) is 111 Å². The average molecular weight is 877 g/mol. The highest BCUT2D eigenvalue weighted by Crippen LogP contribution is 2.54. The Balaban J connectivity index is 1.01. The fourth-order valence-corrected chi connectivity index (χ4v) is 11.9. The lowest BCUT2D eigenvalue weighted by Gasteiger charge is -2.37. The van der Waals surface area contributed by atoms with Crippen molar-refractivity contribution in [3.63, 3.8) is 0 Å². The van der Waals surface area contributed by atoms with Crippen LogP contribution in [0.4, 0.5) is 0 Å². The summed E-state index contributed by atoms with van der Waals surface area (Å²) in [5.74, 6) is 0.134. The van der Waals surface area contributed by atoms with Gasteiger partial charge in [-0.15, -0.1) is 0 Å². The molecule has 0 radical (unpaired) electrons. The predicted octanol–water partition coefficient (Wildman–Crippen LogP) is 17.4. The molecule has 0 bridgehead atoms. The second-order valence-corrected chi connectivity index (χ2v) is 18.7. The first-order chi connectivity index (χ1) is 34.2. The van der Waals surface area contributed by atoms with E-state index in [0.717, 1.165) is 0 Å². The Bertz CT molecular complexity index is 3380. The molecule has 0 amide bonds. The van der Waals surface area contributed by atoms with Crippen LogP contribution in [0, 0.1) is 0 Å². The van der Waals surface area contributed by atoms with Crippen LogP contribution in [-0.4, -0.2) is 0 Å². The normalized spacial score (nSPS) is 14.4. The quantitative estimate of drug-likeness (QED) is 0.127. The molecule has 0 N–H and O–H groups in total. The molecule has 0 fully saturated rings. The van der Waals surface area contributed by atoms with E-state index in [1.807, 2.05) is 0 Å². The topological polar surface area (TPSA) is 0 Å². The third-order valence-electron chi connectivity index (χ3n) is 15.0. The molecule has 0 heterocycles. The van der Waals surface area contributed by atoms with Gasteiger partial charge in [0.25, 0.3) is 0 Å². The third-order valence-corrected chi connectivity index (χ3v) is 15.0. The summed E-state index contributed by atoms with van der Waals surface area (Å²) in [5, 5.41) is 0. The molecule has 69 heavy (non-hydrogen) atoms. The van der Waals surface area contributed by atoms with Gasteiger partial charge in [-0.1, -0.05) is 267 Å². The standard InChI is InChI=1S/C69H48/c1-6-20-47(21-7-1)50-36-40-63-65(45-50)59-30-16-18-32-61(59)67(63)53-42-52(43-54(44-53)68-62-33-19-17-31-60(62)66-46-51(37-41-64(66)68)48-22-8-2-9-23-48)49-34-38-58(39-35-49)69(55-24-10-3-11-25-55,56-26-12-4-13-27-56)57-28-14-5-15-29-57/h1-46,67-68H. The Labute approximate surface area is 405 Å². The smallest absolute Gasteiger partial charge is 0.0622 e. The molecule has 2 atom stereocenters. The molecule has 0 aliphatic heterocycles. The van der Waals surface area contributed by atoms with Gasteiger partial charge in [-0.05, 0) is 123 Å². The van der Waals surface area contributed by atoms with Crippen molar-refractivity contribution in [2.75, 3.05) is 0 Å². The summed E-state index contributed by atoms with van der Waals surface area (Å²) in [6.07, 6.45) is 0.